The molecule has 1 N–H and O–H groups in total. The number of carbonyl (C=O) groups excluding carboxylic acids is 2. The van der Waals surface area contributed by atoms with Crippen LogP contribution in [0.3, 0.4) is 0 Å². The van der Waals surface area contributed by atoms with E-state index in [-0.39, 0.29) is 24.4 Å². The van der Waals surface area contributed by atoms with Gasteiger partial charge in [-0.05, 0) is 29.3 Å². The maximum Gasteiger partial charge on any atom is 0.266 e. The van der Waals surface area contributed by atoms with Crippen molar-refractivity contribution < 1.29 is 9.59 Å². The van der Waals surface area contributed by atoms with Gasteiger partial charge in [-0.3, -0.25) is 9.59 Å². The number of rotatable bonds is 3. The van der Waals surface area contributed by atoms with Crippen LogP contribution in [0.25, 0.3) is 10.9 Å². The predicted octanol–water partition coefficient (Wildman–Crippen LogP) is 5.19. The molecule has 1 aromatic heterocycles. The van der Waals surface area contributed by atoms with E-state index in [1.807, 2.05) is 48.5 Å². The lowest BCUT2D eigenvalue weighted by Crippen LogP contribution is -2.61. The van der Waals surface area contributed by atoms with Gasteiger partial charge in [0, 0.05) is 33.6 Å². The molecule has 2 atom stereocenters. The third-order valence-corrected chi connectivity index (χ3v) is 7.22. The van der Waals surface area contributed by atoms with Crippen LogP contribution in [-0.2, 0) is 16.0 Å². The van der Waals surface area contributed by atoms with Gasteiger partial charge in [0.05, 0.1) is 17.3 Å². The molecule has 2 amide bonds. The quantitative estimate of drug-likeness (QED) is 0.391. The molecule has 1 saturated heterocycles. The van der Waals surface area contributed by atoms with Gasteiger partial charge >= 0.3 is 0 Å². The molecule has 0 aliphatic carbocycles. The smallest absolute Gasteiger partial charge is 0.266 e. The Balaban J connectivity index is 1.42. The van der Waals surface area contributed by atoms with Crippen molar-refractivity contribution in [2.75, 3.05) is 6.54 Å². The second kappa shape index (κ2) is 8.56. The molecule has 0 spiro atoms. The molecule has 3 heterocycles. The summed E-state index contributed by atoms with van der Waals surface area (Å²) in [5, 5.41) is 7.59. The van der Waals surface area contributed by atoms with E-state index in [9.17, 15) is 9.59 Å². The van der Waals surface area contributed by atoms with Crippen molar-refractivity contribution in [1.82, 2.24) is 14.9 Å². The number of piperazine rings is 1. The molecule has 174 valence electrons. The van der Waals surface area contributed by atoms with Crippen molar-refractivity contribution in [3.8, 4) is 0 Å². The summed E-state index contributed by atoms with van der Waals surface area (Å²) in [6.07, 6.45) is 1.91. The number of aromatic nitrogens is 1. The van der Waals surface area contributed by atoms with Gasteiger partial charge in [0.1, 0.15) is 12.6 Å². The lowest BCUT2D eigenvalue weighted by Gasteiger charge is -2.45. The highest BCUT2D eigenvalue weighted by Crippen LogP contribution is 2.42. The Morgan fingerprint density at radius 1 is 0.971 bits per heavy atom. The molecule has 2 aliphatic heterocycles. The second-order valence-corrected chi connectivity index (χ2v) is 9.55. The van der Waals surface area contributed by atoms with Gasteiger partial charge in [-0.25, -0.2) is 5.01 Å². The number of aromatic amines is 1. The van der Waals surface area contributed by atoms with E-state index in [2.05, 4.69) is 16.2 Å². The molecule has 35 heavy (non-hydrogen) atoms. The summed E-state index contributed by atoms with van der Waals surface area (Å²) in [6, 6.07) is 21.8. The van der Waals surface area contributed by atoms with Crippen LogP contribution in [0.5, 0.6) is 0 Å². The van der Waals surface area contributed by atoms with Crippen LogP contribution in [0.2, 0.25) is 10.0 Å². The largest absolute Gasteiger partial charge is 0.356 e. The van der Waals surface area contributed by atoms with Crippen LogP contribution in [0, 0.1) is 0 Å². The number of halogens is 2. The van der Waals surface area contributed by atoms with Crippen molar-refractivity contribution in [2.24, 2.45) is 5.10 Å². The van der Waals surface area contributed by atoms with Gasteiger partial charge in [0.25, 0.3) is 5.91 Å². The van der Waals surface area contributed by atoms with Gasteiger partial charge in [0.2, 0.25) is 5.91 Å². The summed E-state index contributed by atoms with van der Waals surface area (Å²) in [4.78, 5) is 32.4. The number of hydrazone groups is 1. The predicted molar refractivity (Wildman–Crippen MR) is 137 cm³/mol. The van der Waals surface area contributed by atoms with Gasteiger partial charge in [-0.2, -0.15) is 5.10 Å². The number of nitrogens with zero attached hydrogens (tertiary/aromatic N) is 3. The Morgan fingerprint density at radius 3 is 2.54 bits per heavy atom. The number of H-pyrrole nitrogens is 1. The SMILES string of the molecule is O=C1[C@@H]2Cc3c([nH]c4ccccc34)C(c3ccccc3)N2C(=O)CN1N=Cc1ccc(Cl)cc1Cl. The highest BCUT2D eigenvalue weighted by molar-refractivity contribution is 6.36. The first-order valence-electron chi connectivity index (χ1n) is 11.3. The fraction of sp³-hybridized carbons (Fsp3) is 0.148. The number of hydrogen-bond donors (Lipinski definition) is 1. The maximum atomic E-state index is 13.7. The molecule has 4 aromatic rings. The lowest BCUT2D eigenvalue weighted by molar-refractivity contribution is -0.158. The van der Waals surface area contributed by atoms with E-state index in [1.54, 1.807) is 23.1 Å². The second-order valence-electron chi connectivity index (χ2n) is 8.70. The zero-order chi connectivity index (χ0) is 24.1. The molecule has 1 fully saturated rings. The van der Waals surface area contributed by atoms with E-state index in [1.165, 1.54) is 11.2 Å². The molecular weight excluding hydrogens is 483 g/mol. The van der Waals surface area contributed by atoms with Crippen molar-refractivity contribution in [3.63, 3.8) is 0 Å². The van der Waals surface area contributed by atoms with Crippen LogP contribution in [0.15, 0.2) is 77.9 Å². The van der Waals surface area contributed by atoms with Crippen LogP contribution >= 0.6 is 23.2 Å². The minimum Gasteiger partial charge on any atom is -0.356 e. The number of nitrogens with one attached hydrogen (secondary N) is 1. The Morgan fingerprint density at radius 2 is 1.74 bits per heavy atom. The summed E-state index contributed by atoms with van der Waals surface area (Å²) < 4.78 is 0. The third-order valence-electron chi connectivity index (χ3n) is 6.66. The van der Waals surface area contributed by atoms with Gasteiger partial charge in [-0.15, -0.1) is 0 Å². The van der Waals surface area contributed by atoms with E-state index in [0.29, 0.717) is 22.0 Å². The normalized spacial score (nSPS) is 19.9. The lowest BCUT2D eigenvalue weighted by atomic mass is 9.86. The van der Waals surface area contributed by atoms with Gasteiger partial charge in [0.15, 0.2) is 0 Å². The molecule has 3 aromatic carbocycles. The Labute approximate surface area is 211 Å². The Kier molecular flexibility index (Phi) is 5.35. The minimum atomic E-state index is -0.661. The number of fused-ring (bicyclic) bond motifs is 4. The average molecular weight is 503 g/mol. The van der Waals surface area contributed by atoms with E-state index in [4.69, 9.17) is 23.2 Å². The van der Waals surface area contributed by atoms with Crippen LogP contribution in [-0.4, -0.2) is 45.5 Å². The molecule has 8 heteroatoms. The summed E-state index contributed by atoms with van der Waals surface area (Å²) in [5.74, 6) is -0.380. The molecule has 0 radical (unpaired) electrons. The highest BCUT2D eigenvalue weighted by Gasteiger charge is 2.48. The zero-order valence-corrected chi connectivity index (χ0v) is 20.0. The Hall–Kier alpha value is -3.61. The number of benzene rings is 3. The minimum absolute atomic E-state index is 0.143. The van der Waals surface area contributed by atoms with Crippen molar-refractivity contribution >= 4 is 52.1 Å². The Bertz CT molecular complexity index is 1500. The summed E-state index contributed by atoms with van der Waals surface area (Å²) >= 11 is 12.2. The van der Waals surface area contributed by atoms with E-state index in [0.717, 1.165) is 27.7 Å². The molecule has 0 saturated carbocycles. The van der Waals surface area contributed by atoms with Crippen molar-refractivity contribution in [1.29, 1.82) is 0 Å². The highest BCUT2D eigenvalue weighted by atomic mass is 35.5. The molecule has 1 unspecified atom stereocenters. The zero-order valence-electron chi connectivity index (χ0n) is 18.5. The molecule has 2 aliphatic rings. The fourth-order valence-corrected chi connectivity index (χ4v) is 5.52. The molecular formula is C27H20Cl2N4O2. The molecule has 6 rings (SSSR count). The maximum absolute atomic E-state index is 13.7. The van der Waals surface area contributed by atoms with Gasteiger partial charge in [-0.1, -0.05) is 77.8 Å². The first-order chi connectivity index (χ1) is 17.0. The van der Waals surface area contributed by atoms with Crippen LogP contribution < -0.4 is 0 Å². The first-order valence-corrected chi connectivity index (χ1v) is 12.0. The number of hydrogen-bond acceptors (Lipinski definition) is 3. The summed E-state index contributed by atoms with van der Waals surface area (Å²) in [7, 11) is 0. The van der Waals surface area contributed by atoms with Crippen molar-refractivity contribution in [2.45, 2.75) is 18.5 Å². The summed E-state index contributed by atoms with van der Waals surface area (Å²) in [6.45, 7) is -0.143. The van der Waals surface area contributed by atoms with Gasteiger partial charge < -0.3 is 9.88 Å². The molecule has 6 nitrogen and oxygen atoms in total. The van der Waals surface area contributed by atoms with E-state index >= 15 is 0 Å². The van der Waals surface area contributed by atoms with E-state index < -0.39 is 6.04 Å². The van der Waals surface area contributed by atoms with Crippen LogP contribution in [0.4, 0.5) is 0 Å². The third kappa shape index (κ3) is 3.70. The number of para-hydroxylation sites is 1. The van der Waals surface area contributed by atoms with Crippen LogP contribution in [0.1, 0.15) is 28.4 Å². The standard InChI is InChI=1S/C27H20Cl2N4O2/c28-18-11-10-17(21(29)12-18)14-30-32-15-24(34)33-23(27(32)35)13-20-19-8-4-5-9-22(19)31-25(20)26(33)16-6-2-1-3-7-16/h1-12,14,23,26,31H,13,15H2/t23-,26?/m0/s1. The monoisotopic (exact) mass is 502 g/mol. The first kappa shape index (κ1) is 21.9. The number of amides is 2. The number of carbonyl (C=O) groups is 2. The average Bonchev–Trinajstić information content (AvgIpc) is 3.24. The molecule has 0 bridgehead atoms. The fourth-order valence-electron chi connectivity index (χ4n) is 5.07. The van der Waals surface area contributed by atoms with Crippen molar-refractivity contribution in [3.05, 3.63) is 105 Å². The summed E-state index contributed by atoms with van der Waals surface area (Å²) in [5.41, 5.74) is 4.58. The topological polar surface area (TPSA) is 68.8 Å².